The molecule has 2 aliphatic rings. The van der Waals surface area contributed by atoms with Crippen LogP contribution in [0.1, 0.15) is 25.7 Å². The predicted octanol–water partition coefficient (Wildman–Crippen LogP) is 1.89. The van der Waals surface area contributed by atoms with Crippen molar-refractivity contribution in [2.45, 2.75) is 25.7 Å². The maximum absolute atomic E-state index is 5.84. The van der Waals surface area contributed by atoms with E-state index in [0.717, 1.165) is 18.0 Å². The maximum atomic E-state index is 5.84. The van der Waals surface area contributed by atoms with Gasteiger partial charge in [-0.2, -0.15) is 0 Å². The molecule has 14 heavy (non-hydrogen) atoms. The lowest BCUT2D eigenvalue weighted by molar-refractivity contribution is 0.228. The van der Waals surface area contributed by atoms with E-state index >= 15 is 0 Å². The van der Waals surface area contributed by atoms with Crippen molar-refractivity contribution in [3.63, 3.8) is 0 Å². The molecule has 1 saturated heterocycles. The first-order chi connectivity index (χ1) is 6.75. The molecule has 0 bridgehead atoms. The molecule has 0 amide bonds. The Kier molecular flexibility index (Phi) is 2.92. The van der Waals surface area contributed by atoms with Crippen molar-refractivity contribution in [3.8, 4) is 0 Å². The quantitative estimate of drug-likeness (QED) is 0.687. The Morgan fingerprint density at radius 1 is 1.50 bits per heavy atom. The SMILES string of the molecule is CN1CCCC(C2=CC(N)=CCC2)C1. The molecule has 1 fully saturated rings. The van der Waals surface area contributed by atoms with Crippen LogP contribution in [0.15, 0.2) is 23.4 Å². The molecule has 1 aliphatic carbocycles. The number of allylic oxidation sites excluding steroid dienone is 2. The molecule has 0 aromatic carbocycles. The fourth-order valence-electron chi connectivity index (χ4n) is 2.54. The number of hydrogen-bond acceptors (Lipinski definition) is 2. The van der Waals surface area contributed by atoms with Crippen molar-refractivity contribution in [2.24, 2.45) is 11.7 Å². The first kappa shape index (κ1) is 9.78. The highest BCUT2D eigenvalue weighted by atomic mass is 15.1. The first-order valence-electron chi connectivity index (χ1n) is 5.60. The minimum Gasteiger partial charge on any atom is -0.399 e. The highest BCUT2D eigenvalue weighted by molar-refractivity contribution is 5.27. The van der Waals surface area contributed by atoms with E-state index < -0.39 is 0 Å². The molecule has 78 valence electrons. The van der Waals surface area contributed by atoms with E-state index in [1.54, 1.807) is 5.57 Å². The summed E-state index contributed by atoms with van der Waals surface area (Å²) in [6.07, 6.45) is 9.38. The molecule has 0 aromatic rings. The number of nitrogens with zero attached hydrogens (tertiary/aromatic N) is 1. The van der Waals surface area contributed by atoms with E-state index in [1.165, 1.54) is 32.4 Å². The summed E-state index contributed by atoms with van der Waals surface area (Å²) in [5, 5.41) is 0. The molecule has 2 rings (SSSR count). The molecule has 2 nitrogen and oxygen atoms in total. The van der Waals surface area contributed by atoms with Crippen molar-refractivity contribution in [2.75, 3.05) is 20.1 Å². The molecule has 1 heterocycles. The lowest BCUT2D eigenvalue weighted by atomic mass is 9.85. The Balaban J connectivity index is 2.03. The van der Waals surface area contributed by atoms with Crippen LogP contribution in [0, 0.1) is 5.92 Å². The van der Waals surface area contributed by atoms with Gasteiger partial charge in [0.2, 0.25) is 0 Å². The summed E-state index contributed by atoms with van der Waals surface area (Å²) < 4.78 is 0. The molecule has 1 atom stereocenters. The third kappa shape index (κ3) is 2.18. The number of rotatable bonds is 1. The van der Waals surface area contributed by atoms with Gasteiger partial charge in [-0.25, -0.2) is 0 Å². The molecular weight excluding hydrogens is 172 g/mol. The van der Waals surface area contributed by atoms with E-state index in [1.807, 2.05) is 0 Å². The topological polar surface area (TPSA) is 29.3 Å². The van der Waals surface area contributed by atoms with Gasteiger partial charge in [0, 0.05) is 12.2 Å². The van der Waals surface area contributed by atoms with Crippen LogP contribution in [0.5, 0.6) is 0 Å². The minimum absolute atomic E-state index is 0.765. The van der Waals surface area contributed by atoms with Crippen LogP contribution < -0.4 is 5.73 Å². The summed E-state index contributed by atoms with van der Waals surface area (Å²) in [7, 11) is 2.22. The summed E-state index contributed by atoms with van der Waals surface area (Å²) in [5.41, 5.74) is 8.39. The van der Waals surface area contributed by atoms with Gasteiger partial charge in [0.05, 0.1) is 0 Å². The molecule has 0 saturated carbocycles. The number of piperidine rings is 1. The van der Waals surface area contributed by atoms with Crippen LogP contribution in [-0.2, 0) is 0 Å². The second kappa shape index (κ2) is 4.18. The van der Waals surface area contributed by atoms with E-state index in [-0.39, 0.29) is 0 Å². The third-order valence-corrected chi connectivity index (χ3v) is 3.31. The molecule has 0 spiro atoms. The Bertz CT molecular complexity index is 265. The minimum atomic E-state index is 0.765. The lowest BCUT2D eigenvalue weighted by Crippen LogP contribution is -2.33. The smallest absolute Gasteiger partial charge is 0.0273 e. The van der Waals surface area contributed by atoms with Gasteiger partial charge in [0.25, 0.3) is 0 Å². The van der Waals surface area contributed by atoms with Gasteiger partial charge in [-0.1, -0.05) is 11.6 Å². The second-order valence-electron chi connectivity index (χ2n) is 4.56. The Labute approximate surface area is 86.5 Å². The average Bonchev–Trinajstić information content (AvgIpc) is 2.18. The Morgan fingerprint density at radius 2 is 2.36 bits per heavy atom. The summed E-state index contributed by atoms with van der Waals surface area (Å²) in [4.78, 5) is 2.43. The van der Waals surface area contributed by atoms with Gasteiger partial charge in [0.15, 0.2) is 0 Å². The standard InChI is InChI=1S/C12H20N2/c1-14-7-3-5-11(9-14)10-4-2-6-12(13)8-10/h6,8,11H,2-5,7,9,13H2,1H3. The first-order valence-corrected chi connectivity index (χ1v) is 5.60. The normalized spacial score (nSPS) is 29.6. The van der Waals surface area contributed by atoms with Crippen LogP contribution in [0.4, 0.5) is 0 Å². The predicted molar refractivity (Wildman–Crippen MR) is 59.8 cm³/mol. The Morgan fingerprint density at radius 3 is 3.07 bits per heavy atom. The largest absolute Gasteiger partial charge is 0.399 e. The molecule has 1 unspecified atom stereocenters. The van der Waals surface area contributed by atoms with Crippen LogP contribution in [0.25, 0.3) is 0 Å². The van der Waals surface area contributed by atoms with E-state index in [0.29, 0.717) is 0 Å². The lowest BCUT2D eigenvalue weighted by Gasteiger charge is -2.32. The van der Waals surface area contributed by atoms with Gasteiger partial charge in [-0.15, -0.1) is 0 Å². The van der Waals surface area contributed by atoms with Crippen LogP contribution in [0.2, 0.25) is 0 Å². The highest BCUT2D eigenvalue weighted by Gasteiger charge is 2.21. The molecule has 0 radical (unpaired) electrons. The van der Waals surface area contributed by atoms with Gasteiger partial charge in [-0.3, -0.25) is 0 Å². The van der Waals surface area contributed by atoms with Crippen molar-refractivity contribution < 1.29 is 0 Å². The van der Waals surface area contributed by atoms with Crippen molar-refractivity contribution in [3.05, 3.63) is 23.4 Å². The van der Waals surface area contributed by atoms with Crippen LogP contribution >= 0.6 is 0 Å². The van der Waals surface area contributed by atoms with Gasteiger partial charge in [-0.05, 0) is 51.3 Å². The van der Waals surface area contributed by atoms with Crippen LogP contribution in [-0.4, -0.2) is 25.0 Å². The molecule has 1 aliphatic heterocycles. The third-order valence-electron chi connectivity index (χ3n) is 3.31. The van der Waals surface area contributed by atoms with E-state index in [4.69, 9.17) is 5.73 Å². The second-order valence-corrected chi connectivity index (χ2v) is 4.56. The summed E-state index contributed by atoms with van der Waals surface area (Å²) in [6, 6.07) is 0. The van der Waals surface area contributed by atoms with Crippen molar-refractivity contribution in [1.82, 2.24) is 4.90 Å². The van der Waals surface area contributed by atoms with Gasteiger partial charge >= 0.3 is 0 Å². The molecular formula is C12H20N2. The van der Waals surface area contributed by atoms with Crippen molar-refractivity contribution >= 4 is 0 Å². The fourth-order valence-corrected chi connectivity index (χ4v) is 2.54. The highest BCUT2D eigenvalue weighted by Crippen LogP contribution is 2.28. The van der Waals surface area contributed by atoms with Gasteiger partial charge < -0.3 is 10.6 Å². The molecule has 2 heteroatoms. The van der Waals surface area contributed by atoms with Gasteiger partial charge in [0.1, 0.15) is 0 Å². The fraction of sp³-hybridized carbons (Fsp3) is 0.667. The van der Waals surface area contributed by atoms with Crippen molar-refractivity contribution in [1.29, 1.82) is 0 Å². The molecule has 0 aromatic heterocycles. The Hall–Kier alpha value is -0.760. The molecule has 2 N–H and O–H groups in total. The van der Waals surface area contributed by atoms with E-state index in [9.17, 15) is 0 Å². The summed E-state index contributed by atoms with van der Waals surface area (Å²) in [6.45, 7) is 2.48. The number of nitrogens with two attached hydrogens (primary N) is 1. The zero-order chi connectivity index (χ0) is 9.97. The maximum Gasteiger partial charge on any atom is 0.0273 e. The van der Waals surface area contributed by atoms with E-state index in [2.05, 4.69) is 24.1 Å². The monoisotopic (exact) mass is 192 g/mol. The summed E-state index contributed by atoms with van der Waals surface area (Å²) >= 11 is 0. The zero-order valence-electron chi connectivity index (χ0n) is 9.00. The number of hydrogen-bond donors (Lipinski definition) is 1. The van der Waals surface area contributed by atoms with Crippen LogP contribution in [0.3, 0.4) is 0 Å². The summed E-state index contributed by atoms with van der Waals surface area (Å²) in [5.74, 6) is 0.765. The zero-order valence-corrected chi connectivity index (χ0v) is 9.00. The average molecular weight is 192 g/mol. The number of likely N-dealkylation sites (tertiary alicyclic amines) is 1.